The lowest BCUT2D eigenvalue weighted by atomic mass is 10.1. The van der Waals surface area contributed by atoms with E-state index in [4.69, 9.17) is 0 Å². The van der Waals surface area contributed by atoms with Gasteiger partial charge in [-0.2, -0.15) is 0 Å². The number of azo groups is 1. The highest BCUT2D eigenvalue weighted by Gasteiger charge is 2.10. The van der Waals surface area contributed by atoms with Crippen LogP contribution >= 0.6 is 0 Å². The maximum atomic E-state index is 9.64. The van der Waals surface area contributed by atoms with Crippen molar-refractivity contribution in [1.29, 1.82) is 0 Å². The fraction of sp³-hybridized carbons (Fsp3) is 0.267. The highest BCUT2D eigenvalue weighted by Crippen LogP contribution is 2.24. The summed E-state index contributed by atoms with van der Waals surface area (Å²) in [5.74, 6) is 0.414. The maximum absolute atomic E-state index is 9.64. The van der Waals surface area contributed by atoms with E-state index in [0.717, 1.165) is 21.5 Å². The minimum atomic E-state index is 0.414. The van der Waals surface area contributed by atoms with E-state index in [1.54, 1.807) is 18.3 Å². The second kappa shape index (κ2) is 5.18. The van der Waals surface area contributed by atoms with Crippen LogP contribution in [0.2, 0.25) is 0 Å². The summed E-state index contributed by atoms with van der Waals surface area (Å²) in [6.07, 6.45) is 1.55. The van der Waals surface area contributed by atoms with Crippen molar-refractivity contribution in [2.24, 2.45) is 10.2 Å². The number of pyridine rings is 1. The van der Waals surface area contributed by atoms with Crippen LogP contribution in [0, 0.1) is 27.7 Å². The highest BCUT2D eigenvalue weighted by molar-refractivity contribution is 5.50. The molecule has 0 aliphatic rings. The lowest BCUT2D eigenvalue weighted by molar-refractivity contribution is -0.894. The monoisotopic (exact) mass is 256 g/mol. The van der Waals surface area contributed by atoms with E-state index in [0.29, 0.717) is 5.82 Å². The summed E-state index contributed by atoms with van der Waals surface area (Å²) in [6.45, 7) is 8.07. The van der Waals surface area contributed by atoms with Crippen molar-refractivity contribution < 1.29 is 9.94 Å². The van der Waals surface area contributed by atoms with Crippen molar-refractivity contribution in [3.05, 3.63) is 52.7 Å². The zero-order chi connectivity index (χ0) is 14.0. The number of hydrogen-bond acceptors (Lipinski definition) is 3. The molecule has 19 heavy (non-hydrogen) atoms. The molecule has 0 amide bonds. The number of aryl methyl sites for hydroxylation is 4. The second-order valence-corrected chi connectivity index (χ2v) is 4.83. The van der Waals surface area contributed by atoms with Crippen LogP contribution in [0.5, 0.6) is 0 Å². The Morgan fingerprint density at radius 1 is 0.895 bits per heavy atom. The molecule has 0 saturated heterocycles. The molecule has 98 valence electrons. The molecule has 4 nitrogen and oxygen atoms in total. The first-order chi connectivity index (χ1) is 8.97. The van der Waals surface area contributed by atoms with Crippen LogP contribution in [0.4, 0.5) is 11.5 Å². The van der Waals surface area contributed by atoms with Crippen LogP contribution in [-0.4, -0.2) is 5.21 Å². The molecule has 0 spiro atoms. The number of hydrogen-bond donors (Lipinski definition) is 1. The Kier molecular flexibility index (Phi) is 3.60. The Bertz CT molecular complexity index is 648. The van der Waals surface area contributed by atoms with E-state index in [2.05, 4.69) is 23.2 Å². The lowest BCUT2D eigenvalue weighted by Gasteiger charge is -2.02. The lowest BCUT2D eigenvalue weighted by Crippen LogP contribution is -2.29. The molecule has 0 aliphatic carbocycles. The van der Waals surface area contributed by atoms with Crippen LogP contribution in [0.25, 0.3) is 0 Å². The normalized spacial score (nSPS) is 11.2. The molecule has 0 unspecified atom stereocenters. The highest BCUT2D eigenvalue weighted by atomic mass is 16.5. The van der Waals surface area contributed by atoms with Gasteiger partial charge in [0.15, 0.2) is 0 Å². The molecule has 0 bridgehead atoms. The molecule has 2 aromatic rings. The molecule has 1 aromatic heterocycles. The van der Waals surface area contributed by atoms with E-state index < -0.39 is 0 Å². The fourth-order valence-corrected chi connectivity index (χ4v) is 1.82. The zero-order valence-electron chi connectivity index (χ0n) is 11.7. The third kappa shape index (κ3) is 2.96. The van der Waals surface area contributed by atoms with Gasteiger partial charge in [-0.3, -0.25) is 0 Å². The van der Waals surface area contributed by atoms with Gasteiger partial charge in [0.2, 0.25) is 0 Å². The minimum absolute atomic E-state index is 0.414. The van der Waals surface area contributed by atoms with Crippen LogP contribution in [0.3, 0.4) is 0 Å². The number of benzene rings is 1. The molecule has 0 saturated carbocycles. The number of nitrogens with zero attached hydrogens (tertiary/aromatic N) is 3. The average molecular weight is 256 g/mol. The molecule has 0 aliphatic heterocycles. The molecule has 1 N–H and O–H groups in total. The molecule has 0 fully saturated rings. The Morgan fingerprint density at radius 2 is 1.58 bits per heavy atom. The van der Waals surface area contributed by atoms with Gasteiger partial charge in [0.05, 0.1) is 5.11 Å². The smallest absolute Gasteiger partial charge is 0.350 e. The zero-order valence-corrected chi connectivity index (χ0v) is 11.7. The Labute approximate surface area is 113 Å². The predicted molar refractivity (Wildman–Crippen MR) is 73.4 cm³/mol. The SMILES string of the molecule is Cc1cc[n+](O)c(N=Nc2cc(C)c(C)cc2C)c1. The number of rotatable bonds is 2. The van der Waals surface area contributed by atoms with Gasteiger partial charge in [-0.15, -0.1) is 0 Å². The standard InChI is InChI=1S/C15H18N3O/c1-10-5-6-18(19)15(7-10)17-16-14-9-12(3)11(2)8-13(14)4/h5-9,19H,1-4H3/q+1. The molecule has 1 heterocycles. The third-order valence-corrected chi connectivity index (χ3v) is 3.14. The molecule has 0 radical (unpaired) electrons. The quantitative estimate of drug-likeness (QED) is 0.495. The summed E-state index contributed by atoms with van der Waals surface area (Å²) < 4.78 is 0.965. The summed E-state index contributed by atoms with van der Waals surface area (Å²) in [5, 5.41) is 18.0. The number of aromatic nitrogens is 1. The van der Waals surface area contributed by atoms with Crippen LogP contribution in [0.15, 0.2) is 40.7 Å². The van der Waals surface area contributed by atoms with Crippen molar-refractivity contribution >= 4 is 11.5 Å². The van der Waals surface area contributed by atoms with Crippen molar-refractivity contribution in [2.45, 2.75) is 27.7 Å². The maximum Gasteiger partial charge on any atom is 0.388 e. The fourth-order valence-electron chi connectivity index (χ4n) is 1.82. The first-order valence-electron chi connectivity index (χ1n) is 6.18. The Morgan fingerprint density at radius 3 is 2.32 bits per heavy atom. The van der Waals surface area contributed by atoms with Crippen molar-refractivity contribution in [1.82, 2.24) is 0 Å². The molecule has 0 atom stereocenters. The van der Waals surface area contributed by atoms with Crippen LogP contribution in [0.1, 0.15) is 22.3 Å². The van der Waals surface area contributed by atoms with Gasteiger partial charge in [-0.25, -0.2) is 0 Å². The van der Waals surface area contributed by atoms with E-state index in [-0.39, 0.29) is 0 Å². The van der Waals surface area contributed by atoms with Gasteiger partial charge in [-0.1, -0.05) is 6.07 Å². The minimum Gasteiger partial charge on any atom is -0.350 e. The van der Waals surface area contributed by atoms with Crippen molar-refractivity contribution in [3.8, 4) is 0 Å². The van der Waals surface area contributed by atoms with Crippen molar-refractivity contribution in [3.63, 3.8) is 0 Å². The van der Waals surface area contributed by atoms with Crippen LogP contribution < -0.4 is 4.73 Å². The first-order valence-corrected chi connectivity index (χ1v) is 6.18. The third-order valence-electron chi connectivity index (χ3n) is 3.14. The van der Waals surface area contributed by atoms with Crippen LogP contribution in [-0.2, 0) is 0 Å². The van der Waals surface area contributed by atoms with Crippen molar-refractivity contribution in [2.75, 3.05) is 0 Å². The molecular weight excluding hydrogens is 238 g/mol. The molecule has 4 heteroatoms. The Balaban J connectivity index is 2.38. The topological polar surface area (TPSA) is 48.8 Å². The summed E-state index contributed by atoms with van der Waals surface area (Å²) >= 11 is 0. The predicted octanol–water partition coefficient (Wildman–Crippen LogP) is 3.86. The molecule has 2 rings (SSSR count). The molecular formula is C15H18N3O+. The summed E-state index contributed by atoms with van der Waals surface area (Å²) in [7, 11) is 0. The average Bonchev–Trinajstić information content (AvgIpc) is 2.36. The van der Waals surface area contributed by atoms with Gasteiger partial charge < -0.3 is 5.21 Å². The van der Waals surface area contributed by atoms with E-state index in [9.17, 15) is 5.21 Å². The van der Waals surface area contributed by atoms with Gasteiger partial charge in [0.1, 0.15) is 11.9 Å². The first kappa shape index (κ1) is 13.2. The Hall–Kier alpha value is -2.23. The summed E-state index contributed by atoms with van der Waals surface area (Å²) in [5.41, 5.74) is 5.34. The van der Waals surface area contributed by atoms with Gasteiger partial charge >= 0.3 is 5.82 Å². The summed E-state index contributed by atoms with van der Waals surface area (Å²) in [4.78, 5) is 0. The second-order valence-electron chi connectivity index (χ2n) is 4.83. The largest absolute Gasteiger partial charge is 0.388 e. The van der Waals surface area contributed by atoms with Gasteiger partial charge in [0.25, 0.3) is 0 Å². The van der Waals surface area contributed by atoms with E-state index >= 15 is 0 Å². The van der Waals surface area contributed by atoms with Gasteiger partial charge in [0, 0.05) is 6.07 Å². The molecule has 1 aromatic carbocycles. The van der Waals surface area contributed by atoms with Gasteiger partial charge in [-0.05, 0) is 71.9 Å². The summed E-state index contributed by atoms with van der Waals surface area (Å²) in [6, 6.07) is 7.68. The van der Waals surface area contributed by atoms with E-state index in [1.807, 2.05) is 26.8 Å². The van der Waals surface area contributed by atoms with E-state index in [1.165, 1.54) is 11.1 Å².